The van der Waals surface area contributed by atoms with Crippen LogP contribution >= 0.6 is 0 Å². The molecular formula is C18H17N3O4. The smallest absolute Gasteiger partial charge is 0.269 e. The first-order chi connectivity index (χ1) is 12.0. The van der Waals surface area contributed by atoms with Gasteiger partial charge in [-0.15, -0.1) is 0 Å². The molecule has 0 aliphatic carbocycles. The fraction of sp³-hybridized carbons (Fsp3) is 0.222. The fourth-order valence-corrected chi connectivity index (χ4v) is 2.86. The number of carbonyl (C=O) groups is 1. The lowest BCUT2D eigenvalue weighted by Crippen LogP contribution is -2.24. The van der Waals surface area contributed by atoms with Crippen molar-refractivity contribution in [2.75, 3.05) is 7.11 Å². The number of carbonyl (C=O) groups excluding carboxylic acids is 1. The molecule has 0 bridgehead atoms. The van der Waals surface area contributed by atoms with Gasteiger partial charge in [-0.05, 0) is 17.7 Å². The van der Waals surface area contributed by atoms with E-state index in [0.717, 1.165) is 16.8 Å². The Morgan fingerprint density at radius 3 is 2.60 bits per heavy atom. The van der Waals surface area contributed by atoms with Crippen molar-refractivity contribution in [3.8, 4) is 5.75 Å². The number of non-ortho nitro benzene ring substituents is 1. The number of amides is 1. The largest absolute Gasteiger partial charge is 0.497 e. The van der Waals surface area contributed by atoms with Crippen LogP contribution in [0, 0.1) is 10.1 Å². The second-order valence-corrected chi connectivity index (χ2v) is 5.71. The van der Waals surface area contributed by atoms with Gasteiger partial charge >= 0.3 is 0 Å². The Bertz CT molecular complexity index is 846. The third-order valence-corrected chi connectivity index (χ3v) is 4.12. The van der Waals surface area contributed by atoms with E-state index < -0.39 is 4.92 Å². The molecule has 3 rings (SSSR count). The van der Waals surface area contributed by atoms with E-state index in [1.54, 1.807) is 19.2 Å². The minimum absolute atomic E-state index is 0.0186. The molecule has 0 saturated heterocycles. The van der Waals surface area contributed by atoms with E-state index in [9.17, 15) is 14.9 Å². The molecule has 0 unspecified atom stereocenters. The molecular weight excluding hydrogens is 322 g/mol. The number of rotatable bonds is 4. The zero-order chi connectivity index (χ0) is 18.0. The van der Waals surface area contributed by atoms with Crippen molar-refractivity contribution in [1.29, 1.82) is 0 Å². The van der Waals surface area contributed by atoms with Gasteiger partial charge < -0.3 is 4.74 Å². The van der Waals surface area contributed by atoms with Gasteiger partial charge in [-0.25, -0.2) is 5.01 Å². The summed E-state index contributed by atoms with van der Waals surface area (Å²) < 4.78 is 5.24. The Hall–Kier alpha value is -3.22. The molecule has 7 heteroatoms. The predicted molar refractivity (Wildman–Crippen MR) is 92.5 cm³/mol. The van der Waals surface area contributed by atoms with Crippen LogP contribution < -0.4 is 4.74 Å². The van der Waals surface area contributed by atoms with Crippen LogP contribution in [0.4, 0.5) is 5.69 Å². The van der Waals surface area contributed by atoms with Crippen LogP contribution in [0.2, 0.25) is 0 Å². The molecule has 2 aromatic carbocycles. The maximum atomic E-state index is 12.0. The number of benzene rings is 2. The highest BCUT2D eigenvalue weighted by Gasteiger charge is 2.31. The number of nitrogens with zero attached hydrogens (tertiary/aromatic N) is 3. The van der Waals surface area contributed by atoms with Gasteiger partial charge in [0.05, 0.1) is 23.8 Å². The van der Waals surface area contributed by atoms with Gasteiger partial charge in [0.25, 0.3) is 5.69 Å². The lowest BCUT2D eigenvalue weighted by Gasteiger charge is -2.20. The average Bonchev–Trinajstić information content (AvgIpc) is 3.07. The van der Waals surface area contributed by atoms with Gasteiger partial charge in [-0.1, -0.05) is 24.3 Å². The standard InChI is InChI=1S/C18H17N3O4/c1-12(22)20-18(13-6-8-15(9-7-13)21(23)24)11-17(19-20)14-4-3-5-16(10-14)25-2/h3-10,18H,11H2,1-2H3/t18-/m1/s1. The number of nitro groups is 1. The van der Waals surface area contributed by atoms with Crippen LogP contribution in [0.3, 0.4) is 0 Å². The Balaban J connectivity index is 1.91. The molecule has 0 saturated carbocycles. The van der Waals surface area contributed by atoms with Crippen molar-refractivity contribution in [2.24, 2.45) is 5.10 Å². The van der Waals surface area contributed by atoms with Gasteiger partial charge in [0.15, 0.2) is 0 Å². The van der Waals surface area contributed by atoms with Crippen molar-refractivity contribution in [1.82, 2.24) is 5.01 Å². The van der Waals surface area contributed by atoms with Crippen LogP contribution in [-0.4, -0.2) is 28.7 Å². The Morgan fingerprint density at radius 2 is 2.00 bits per heavy atom. The SMILES string of the molecule is COc1cccc(C2=NN(C(C)=O)[C@@H](c3ccc([N+](=O)[O-])cc3)C2)c1. The second kappa shape index (κ2) is 6.72. The molecule has 2 aromatic rings. The summed E-state index contributed by atoms with van der Waals surface area (Å²) in [4.78, 5) is 22.4. The predicted octanol–water partition coefficient (Wildman–Crippen LogP) is 3.30. The number of methoxy groups -OCH3 is 1. The quantitative estimate of drug-likeness (QED) is 0.632. The first-order valence-corrected chi connectivity index (χ1v) is 7.75. The summed E-state index contributed by atoms with van der Waals surface area (Å²) in [6.07, 6.45) is 0.532. The van der Waals surface area contributed by atoms with E-state index in [1.807, 2.05) is 24.3 Å². The van der Waals surface area contributed by atoms with E-state index in [-0.39, 0.29) is 17.6 Å². The van der Waals surface area contributed by atoms with Gasteiger partial charge in [-0.3, -0.25) is 14.9 Å². The van der Waals surface area contributed by atoms with E-state index in [1.165, 1.54) is 24.1 Å². The second-order valence-electron chi connectivity index (χ2n) is 5.71. The summed E-state index contributed by atoms with van der Waals surface area (Å²) in [5.74, 6) is 0.537. The molecule has 128 valence electrons. The number of nitro benzene ring substituents is 1. The maximum absolute atomic E-state index is 12.0. The van der Waals surface area contributed by atoms with Crippen molar-refractivity contribution < 1.29 is 14.5 Å². The molecule has 25 heavy (non-hydrogen) atoms. The van der Waals surface area contributed by atoms with Crippen LogP contribution in [0.1, 0.15) is 30.5 Å². The first-order valence-electron chi connectivity index (χ1n) is 7.75. The molecule has 0 radical (unpaired) electrons. The number of ether oxygens (including phenoxy) is 1. The van der Waals surface area contributed by atoms with Gasteiger partial charge in [0, 0.05) is 31.0 Å². The van der Waals surface area contributed by atoms with Crippen molar-refractivity contribution in [3.63, 3.8) is 0 Å². The van der Waals surface area contributed by atoms with E-state index in [2.05, 4.69) is 5.10 Å². The molecule has 1 aliphatic heterocycles. The van der Waals surface area contributed by atoms with Crippen molar-refractivity contribution in [2.45, 2.75) is 19.4 Å². The normalized spacial score (nSPS) is 16.5. The van der Waals surface area contributed by atoms with E-state index in [4.69, 9.17) is 4.74 Å². The number of hydrogen-bond donors (Lipinski definition) is 0. The Morgan fingerprint density at radius 1 is 1.28 bits per heavy atom. The third kappa shape index (κ3) is 3.35. The lowest BCUT2D eigenvalue weighted by atomic mass is 9.98. The summed E-state index contributed by atoms with van der Waals surface area (Å²) in [5.41, 5.74) is 2.49. The van der Waals surface area contributed by atoms with Crippen LogP contribution in [0.25, 0.3) is 0 Å². The minimum atomic E-state index is -0.445. The monoisotopic (exact) mass is 339 g/mol. The molecule has 1 amide bonds. The summed E-state index contributed by atoms with van der Waals surface area (Å²) in [6, 6.07) is 13.4. The number of hydrogen-bond acceptors (Lipinski definition) is 5. The van der Waals surface area contributed by atoms with Gasteiger partial charge in [-0.2, -0.15) is 5.10 Å². The first kappa shape index (κ1) is 16.6. The zero-order valence-corrected chi connectivity index (χ0v) is 13.9. The van der Waals surface area contributed by atoms with Crippen LogP contribution in [0.15, 0.2) is 53.6 Å². The van der Waals surface area contributed by atoms with E-state index in [0.29, 0.717) is 12.2 Å². The maximum Gasteiger partial charge on any atom is 0.269 e. The lowest BCUT2D eigenvalue weighted by molar-refractivity contribution is -0.384. The van der Waals surface area contributed by atoms with Crippen LogP contribution in [0.5, 0.6) is 5.75 Å². The highest BCUT2D eigenvalue weighted by molar-refractivity contribution is 6.03. The summed E-state index contributed by atoms with van der Waals surface area (Å²) in [6.45, 7) is 1.45. The summed E-state index contributed by atoms with van der Waals surface area (Å²) in [7, 11) is 1.59. The average molecular weight is 339 g/mol. The highest BCUT2D eigenvalue weighted by atomic mass is 16.6. The topological polar surface area (TPSA) is 85.0 Å². The molecule has 1 aliphatic rings. The molecule has 0 spiro atoms. The van der Waals surface area contributed by atoms with Crippen molar-refractivity contribution in [3.05, 3.63) is 69.8 Å². The van der Waals surface area contributed by atoms with E-state index >= 15 is 0 Å². The number of hydrazone groups is 1. The molecule has 0 fully saturated rings. The summed E-state index contributed by atoms with van der Waals surface area (Å²) >= 11 is 0. The highest BCUT2D eigenvalue weighted by Crippen LogP contribution is 2.34. The van der Waals surface area contributed by atoms with Crippen molar-refractivity contribution >= 4 is 17.3 Å². The fourth-order valence-electron chi connectivity index (χ4n) is 2.86. The molecule has 7 nitrogen and oxygen atoms in total. The minimum Gasteiger partial charge on any atom is -0.497 e. The Kier molecular flexibility index (Phi) is 4.47. The molecule has 0 N–H and O–H groups in total. The molecule has 0 aromatic heterocycles. The van der Waals surface area contributed by atoms with Gasteiger partial charge in [0.1, 0.15) is 5.75 Å². The Labute approximate surface area is 144 Å². The molecule has 1 atom stereocenters. The van der Waals surface area contributed by atoms with Crippen LogP contribution in [-0.2, 0) is 4.79 Å². The molecule has 1 heterocycles. The third-order valence-electron chi connectivity index (χ3n) is 4.12. The summed E-state index contributed by atoms with van der Waals surface area (Å²) in [5, 5.41) is 16.7. The van der Waals surface area contributed by atoms with Gasteiger partial charge in [0.2, 0.25) is 5.91 Å². The zero-order valence-electron chi connectivity index (χ0n) is 13.9.